The van der Waals surface area contributed by atoms with Crippen molar-refractivity contribution in [2.75, 3.05) is 23.7 Å². The average molecular weight is 493 g/mol. The number of hydrogen-bond acceptors (Lipinski definition) is 5. The van der Waals surface area contributed by atoms with Crippen molar-refractivity contribution in [3.05, 3.63) is 69.9 Å². The van der Waals surface area contributed by atoms with Crippen LogP contribution in [0, 0.1) is 5.82 Å². The summed E-state index contributed by atoms with van der Waals surface area (Å²) in [5.74, 6) is -1.13. The first-order chi connectivity index (χ1) is 16.2. The molecule has 1 aliphatic rings. The van der Waals surface area contributed by atoms with Crippen LogP contribution in [0.4, 0.5) is 33.7 Å². The zero-order valence-corrected chi connectivity index (χ0v) is 18.4. The summed E-state index contributed by atoms with van der Waals surface area (Å²) in [6.07, 6.45) is -3.28. The summed E-state index contributed by atoms with van der Waals surface area (Å²) < 4.78 is 52.7. The minimum atomic E-state index is -4.59. The Morgan fingerprint density at radius 1 is 1.03 bits per heavy atom. The Kier molecular flexibility index (Phi) is 6.77. The molecule has 2 N–H and O–H groups in total. The van der Waals surface area contributed by atoms with E-state index < -0.39 is 29.5 Å². The van der Waals surface area contributed by atoms with E-state index in [1.165, 1.54) is 47.4 Å². The van der Waals surface area contributed by atoms with Crippen LogP contribution >= 0.6 is 11.3 Å². The zero-order chi connectivity index (χ0) is 24.3. The molecule has 1 aromatic heterocycles. The molecule has 1 saturated heterocycles. The van der Waals surface area contributed by atoms with Gasteiger partial charge >= 0.3 is 12.2 Å². The minimum Gasteiger partial charge on any atom is -0.324 e. The van der Waals surface area contributed by atoms with Crippen molar-refractivity contribution in [2.45, 2.75) is 24.9 Å². The molecule has 178 valence electrons. The van der Waals surface area contributed by atoms with E-state index in [1.807, 2.05) is 0 Å². The number of piperidine rings is 1. The molecule has 3 amide bonds. The summed E-state index contributed by atoms with van der Waals surface area (Å²) in [4.78, 5) is 26.5. The number of nitrogens with one attached hydrogen (secondary N) is 2. The van der Waals surface area contributed by atoms with Gasteiger partial charge in [-0.15, -0.1) is 10.2 Å². The number of likely N-dealkylation sites (tertiary alicyclic amines) is 1. The van der Waals surface area contributed by atoms with E-state index in [0.717, 1.165) is 17.4 Å². The predicted molar refractivity (Wildman–Crippen MR) is 118 cm³/mol. The van der Waals surface area contributed by atoms with Crippen molar-refractivity contribution in [3.63, 3.8) is 0 Å². The lowest BCUT2D eigenvalue weighted by Crippen LogP contribution is -2.41. The maximum atomic E-state index is 13.2. The quantitative estimate of drug-likeness (QED) is 0.479. The third kappa shape index (κ3) is 5.50. The largest absolute Gasteiger partial charge is 0.418 e. The van der Waals surface area contributed by atoms with E-state index >= 15 is 0 Å². The van der Waals surface area contributed by atoms with Crippen molar-refractivity contribution in [1.82, 2.24) is 15.1 Å². The molecule has 2 aromatic carbocycles. The van der Waals surface area contributed by atoms with Crippen LogP contribution in [0.5, 0.6) is 0 Å². The molecule has 1 atom stereocenters. The van der Waals surface area contributed by atoms with E-state index in [0.29, 0.717) is 30.1 Å². The second-order valence-electron chi connectivity index (χ2n) is 7.67. The summed E-state index contributed by atoms with van der Waals surface area (Å²) in [6, 6.07) is 9.44. The van der Waals surface area contributed by atoms with Gasteiger partial charge in [-0.2, -0.15) is 13.2 Å². The van der Waals surface area contributed by atoms with E-state index in [1.54, 1.807) is 0 Å². The van der Waals surface area contributed by atoms with Crippen LogP contribution in [0.1, 0.15) is 39.1 Å². The molecule has 3 aromatic rings. The number of alkyl halides is 3. The van der Waals surface area contributed by atoms with Gasteiger partial charge in [0.1, 0.15) is 10.8 Å². The summed E-state index contributed by atoms with van der Waals surface area (Å²) >= 11 is 1.08. The van der Waals surface area contributed by atoms with Gasteiger partial charge < -0.3 is 15.5 Å². The lowest BCUT2D eigenvalue weighted by molar-refractivity contribution is -0.136. The van der Waals surface area contributed by atoms with Crippen LogP contribution in [-0.2, 0) is 6.18 Å². The van der Waals surface area contributed by atoms with E-state index in [4.69, 9.17) is 0 Å². The fourth-order valence-corrected chi connectivity index (χ4v) is 4.47. The maximum absolute atomic E-state index is 13.2. The molecule has 1 fully saturated rings. The van der Waals surface area contributed by atoms with Gasteiger partial charge in [0.2, 0.25) is 5.01 Å². The van der Waals surface area contributed by atoms with Gasteiger partial charge in [0.05, 0.1) is 11.3 Å². The minimum absolute atomic E-state index is 0.111. The van der Waals surface area contributed by atoms with Crippen LogP contribution in [0.25, 0.3) is 0 Å². The lowest BCUT2D eigenvalue weighted by atomic mass is 9.99. The highest BCUT2D eigenvalue weighted by molar-refractivity contribution is 7.13. The third-order valence-electron chi connectivity index (χ3n) is 5.27. The zero-order valence-electron chi connectivity index (χ0n) is 17.6. The van der Waals surface area contributed by atoms with Crippen molar-refractivity contribution in [3.8, 4) is 0 Å². The number of aromatic nitrogens is 2. The van der Waals surface area contributed by atoms with Gasteiger partial charge in [0.25, 0.3) is 5.91 Å². The molecular formula is C22H19F4N5O2S. The van der Waals surface area contributed by atoms with Crippen LogP contribution in [0.15, 0.2) is 48.5 Å². The Labute approximate surface area is 195 Å². The SMILES string of the molecule is O=C(Nc1ccc(F)cc1)c1nnc([C@H]2CCCN(C(=O)Nc3ccccc3C(F)(F)F)C2)s1. The second kappa shape index (κ2) is 9.75. The monoisotopic (exact) mass is 493 g/mol. The first kappa shape index (κ1) is 23.6. The Morgan fingerprint density at radius 2 is 1.76 bits per heavy atom. The molecule has 12 heteroatoms. The smallest absolute Gasteiger partial charge is 0.324 e. The normalized spacial score (nSPS) is 16.2. The number of hydrogen-bond donors (Lipinski definition) is 2. The predicted octanol–water partition coefficient (Wildman–Crippen LogP) is 5.36. The standard InChI is InChI=1S/C22H19F4N5O2S/c23-14-7-9-15(10-8-14)27-18(32)20-30-29-19(34-20)13-4-3-11-31(12-13)21(33)28-17-6-2-1-5-16(17)22(24,25)26/h1-2,5-10,13H,3-4,11-12H2,(H,27,32)(H,28,33)/t13-/m0/s1. The molecule has 34 heavy (non-hydrogen) atoms. The molecule has 2 heterocycles. The van der Waals surface area contributed by atoms with Gasteiger partial charge in [0, 0.05) is 24.7 Å². The van der Waals surface area contributed by atoms with Gasteiger partial charge in [-0.05, 0) is 49.2 Å². The Morgan fingerprint density at radius 3 is 2.50 bits per heavy atom. The molecular weight excluding hydrogens is 474 g/mol. The lowest BCUT2D eigenvalue weighted by Gasteiger charge is -2.31. The molecule has 7 nitrogen and oxygen atoms in total. The first-order valence-electron chi connectivity index (χ1n) is 10.3. The summed E-state index contributed by atoms with van der Waals surface area (Å²) in [6.45, 7) is 0.613. The number of para-hydroxylation sites is 1. The highest BCUT2D eigenvalue weighted by Crippen LogP contribution is 2.35. The van der Waals surface area contributed by atoms with E-state index in [9.17, 15) is 27.2 Å². The maximum Gasteiger partial charge on any atom is 0.418 e. The number of carbonyl (C=O) groups is 2. The Balaban J connectivity index is 1.41. The first-order valence-corrected chi connectivity index (χ1v) is 11.1. The number of halogens is 4. The number of amides is 3. The molecule has 0 unspecified atom stereocenters. The van der Waals surface area contributed by atoms with Crippen LogP contribution in [0.3, 0.4) is 0 Å². The van der Waals surface area contributed by atoms with Crippen molar-refractivity contribution in [1.29, 1.82) is 0 Å². The number of urea groups is 1. The molecule has 0 spiro atoms. The second-order valence-corrected chi connectivity index (χ2v) is 8.67. The number of carbonyl (C=O) groups excluding carboxylic acids is 2. The Hall–Kier alpha value is -3.54. The van der Waals surface area contributed by atoms with Crippen molar-refractivity contribution >= 4 is 34.6 Å². The average Bonchev–Trinajstić information content (AvgIpc) is 3.31. The summed E-state index contributed by atoms with van der Waals surface area (Å²) in [5, 5.41) is 13.6. The molecule has 0 saturated carbocycles. The molecule has 4 rings (SSSR count). The number of rotatable bonds is 4. The van der Waals surface area contributed by atoms with Gasteiger partial charge in [-0.1, -0.05) is 23.5 Å². The molecule has 1 aliphatic heterocycles. The number of anilines is 2. The van der Waals surface area contributed by atoms with Crippen molar-refractivity contribution < 1.29 is 27.2 Å². The fourth-order valence-electron chi connectivity index (χ4n) is 3.61. The highest BCUT2D eigenvalue weighted by Gasteiger charge is 2.34. The van der Waals surface area contributed by atoms with E-state index in [2.05, 4.69) is 20.8 Å². The third-order valence-corrected chi connectivity index (χ3v) is 6.35. The fraction of sp³-hybridized carbons (Fsp3) is 0.273. The van der Waals surface area contributed by atoms with Crippen molar-refractivity contribution in [2.24, 2.45) is 0 Å². The van der Waals surface area contributed by atoms with Crippen LogP contribution in [0.2, 0.25) is 0 Å². The highest BCUT2D eigenvalue weighted by atomic mass is 32.1. The summed E-state index contributed by atoms with van der Waals surface area (Å²) in [5.41, 5.74) is -0.821. The van der Waals surface area contributed by atoms with Gasteiger partial charge in [0.15, 0.2) is 0 Å². The summed E-state index contributed by atoms with van der Waals surface area (Å²) in [7, 11) is 0. The number of nitrogens with zero attached hydrogens (tertiary/aromatic N) is 3. The van der Waals surface area contributed by atoms with Crippen LogP contribution in [-0.4, -0.2) is 40.1 Å². The van der Waals surface area contributed by atoms with Gasteiger partial charge in [-0.25, -0.2) is 9.18 Å². The molecule has 0 radical (unpaired) electrons. The number of benzene rings is 2. The molecule has 0 aliphatic carbocycles. The van der Waals surface area contributed by atoms with Crippen LogP contribution < -0.4 is 10.6 Å². The van der Waals surface area contributed by atoms with Gasteiger partial charge in [-0.3, -0.25) is 4.79 Å². The molecule has 0 bridgehead atoms. The Bertz CT molecular complexity index is 1180. The van der Waals surface area contributed by atoms with E-state index in [-0.39, 0.29) is 23.2 Å². The topological polar surface area (TPSA) is 87.2 Å².